The van der Waals surface area contributed by atoms with Crippen LogP contribution in [0.25, 0.3) is 11.0 Å². The van der Waals surface area contributed by atoms with Crippen LogP contribution in [0.4, 0.5) is 0 Å². The van der Waals surface area contributed by atoms with Crippen LogP contribution in [0.2, 0.25) is 0 Å². The van der Waals surface area contributed by atoms with Crippen LogP contribution >= 0.6 is 0 Å². The molecule has 0 aliphatic carbocycles. The Morgan fingerprint density at radius 2 is 1.84 bits per heavy atom. The molecule has 0 fully saturated rings. The van der Waals surface area contributed by atoms with Crippen LogP contribution in [0, 0.1) is 25.2 Å². The Hall–Kier alpha value is -3.26. The van der Waals surface area contributed by atoms with Crippen LogP contribution < -0.4 is 15.1 Å². The van der Waals surface area contributed by atoms with E-state index in [-0.39, 0.29) is 6.61 Å². The molecule has 126 valence electrons. The zero-order chi connectivity index (χ0) is 18.0. The third kappa shape index (κ3) is 3.33. The predicted octanol–water partition coefficient (Wildman–Crippen LogP) is 3.87. The van der Waals surface area contributed by atoms with Crippen LogP contribution in [0.1, 0.15) is 22.3 Å². The van der Waals surface area contributed by atoms with E-state index in [1.54, 1.807) is 18.2 Å². The lowest BCUT2D eigenvalue weighted by Gasteiger charge is -2.12. The molecule has 3 aromatic rings. The minimum Gasteiger partial charge on any atom is -0.493 e. The summed E-state index contributed by atoms with van der Waals surface area (Å²) in [6.07, 6.45) is 0. The van der Waals surface area contributed by atoms with Crippen molar-refractivity contribution < 1.29 is 13.9 Å². The van der Waals surface area contributed by atoms with Gasteiger partial charge in [-0.3, -0.25) is 0 Å². The molecule has 0 radical (unpaired) electrons. The minimum atomic E-state index is -0.416. The van der Waals surface area contributed by atoms with E-state index < -0.39 is 5.63 Å². The number of nitrogens with zero attached hydrogens (tertiary/aromatic N) is 1. The molecule has 1 aromatic heterocycles. The van der Waals surface area contributed by atoms with E-state index in [2.05, 4.69) is 6.07 Å². The molecular formula is C20H17NO4. The van der Waals surface area contributed by atoms with E-state index in [1.165, 1.54) is 13.2 Å². The number of hydrogen-bond donors (Lipinski definition) is 0. The van der Waals surface area contributed by atoms with E-state index in [0.717, 1.165) is 22.1 Å². The summed E-state index contributed by atoms with van der Waals surface area (Å²) in [6, 6.07) is 12.3. The first-order valence-electron chi connectivity index (χ1n) is 7.76. The van der Waals surface area contributed by atoms with Gasteiger partial charge in [0.05, 0.1) is 18.7 Å². The van der Waals surface area contributed by atoms with Crippen molar-refractivity contribution in [1.29, 1.82) is 5.26 Å². The van der Waals surface area contributed by atoms with E-state index in [9.17, 15) is 4.79 Å². The third-order valence-corrected chi connectivity index (χ3v) is 4.12. The molecule has 0 spiro atoms. The molecule has 0 aliphatic rings. The van der Waals surface area contributed by atoms with Gasteiger partial charge in [-0.2, -0.15) is 5.26 Å². The topological polar surface area (TPSA) is 72.5 Å². The Bertz CT molecular complexity index is 1040. The summed E-state index contributed by atoms with van der Waals surface area (Å²) in [5, 5.41) is 9.80. The van der Waals surface area contributed by atoms with Crippen LogP contribution in [0.15, 0.2) is 45.6 Å². The summed E-state index contributed by atoms with van der Waals surface area (Å²) in [6.45, 7) is 4.17. The molecule has 3 rings (SSSR count). The maximum atomic E-state index is 11.8. The van der Waals surface area contributed by atoms with Gasteiger partial charge in [-0.05, 0) is 49.2 Å². The summed E-state index contributed by atoms with van der Waals surface area (Å²) in [5.74, 6) is 0.977. The summed E-state index contributed by atoms with van der Waals surface area (Å²) >= 11 is 0. The van der Waals surface area contributed by atoms with Crippen molar-refractivity contribution in [2.75, 3.05) is 7.11 Å². The highest BCUT2D eigenvalue weighted by Crippen LogP contribution is 2.29. The normalized spacial score (nSPS) is 10.5. The van der Waals surface area contributed by atoms with Crippen molar-refractivity contribution >= 4 is 11.0 Å². The van der Waals surface area contributed by atoms with Gasteiger partial charge >= 0.3 is 5.63 Å². The number of ether oxygens (including phenoxy) is 2. The standard InChI is InChI=1S/C20H17NO4/c1-12-6-16-15(9-20(22)25-18(16)7-13(12)2)11-24-17-5-4-14(10-21)8-19(17)23-3/h4-9H,11H2,1-3H3. The van der Waals surface area contributed by atoms with E-state index in [0.29, 0.717) is 22.6 Å². The van der Waals surface area contributed by atoms with E-state index >= 15 is 0 Å². The highest BCUT2D eigenvalue weighted by molar-refractivity contribution is 5.81. The molecule has 0 aliphatic heterocycles. The number of methoxy groups -OCH3 is 1. The highest BCUT2D eigenvalue weighted by atomic mass is 16.5. The third-order valence-electron chi connectivity index (χ3n) is 4.12. The molecule has 0 atom stereocenters. The van der Waals surface area contributed by atoms with Crippen molar-refractivity contribution in [2.24, 2.45) is 0 Å². The van der Waals surface area contributed by atoms with Gasteiger partial charge < -0.3 is 13.9 Å². The van der Waals surface area contributed by atoms with Gasteiger partial charge in [0, 0.05) is 23.1 Å². The molecule has 5 nitrogen and oxygen atoms in total. The van der Waals surface area contributed by atoms with Crippen molar-refractivity contribution in [1.82, 2.24) is 0 Å². The Morgan fingerprint density at radius 3 is 2.56 bits per heavy atom. The Balaban J connectivity index is 1.98. The van der Waals surface area contributed by atoms with Gasteiger partial charge in [-0.15, -0.1) is 0 Å². The summed E-state index contributed by atoms with van der Waals surface area (Å²) in [4.78, 5) is 11.8. The van der Waals surface area contributed by atoms with Gasteiger partial charge in [0.1, 0.15) is 12.2 Å². The van der Waals surface area contributed by atoms with Gasteiger partial charge in [0.2, 0.25) is 0 Å². The fourth-order valence-corrected chi connectivity index (χ4v) is 2.61. The van der Waals surface area contributed by atoms with Gasteiger partial charge in [0.25, 0.3) is 0 Å². The second-order valence-electron chi connectivity index (χ2n) is 5.79. The summed E-state index contributed by atoms with van der Waals surface area (Å²) in [7, 11) is 1.52. The van der Waals surface area contributed by atoms with Gasteiger partial charge in [-0.1, -0.05) is 0 Å². The van der Waals surface area contributed by atoms with Crippen LogP contribution in [-0.4, -0.2) is 7.11 Å². The predicted molar refractivity (Wildman–Crippen MR) is 94.0 cm³/mol. The molecule has 0 N–H and O–H groups in total. The second-order valence-corrected chi connectivity index (χ2v) is 5.79. The molecule has 1 heterocycles. The van der Waals surface area contributed by atoms with Gasteiger partial charge in [0.15, 0.2) is 11.5 Å². The van der Waals surface area contributed by atoms with Gasteiger partial charge in [-0.25, -0.2) is 4.79 Å². The number of fused-ring (bicyclic) bond motifs is 1. The molecule has 2 aromatic carbocycles. The van der Waals surface area contributed by atoms with E-state index in [1.807, 2.05) is 26.0 Å². The maximum Gasteiger partial charge on any atom is 0.336 e. The molecule has 0 saturated heterocycles. The molecule has 0 bridgehead atoms. The fourth-order valence-electron chi connectivity index (χ4n) is 2.61. The van der Waals surface area contributed by atoms with Crippen molar-refractivity contribution in [3.63, 3.8) is 0 Å². The Kier molecular flexibility index (Phi) is 4.44. The minimum absolute atomic E-state index is 0.187. The smallest absolute Gasteiger partial charge is 0.336 e. The fraction of sp³-hybridized carbons (Fsp3) is 0.200. The number of rotatable bonds is 4. The molecule has 0 saturated carbocycles. The van der Waals surface area contributed by atoms with Crippen molar-refractivity contribution in [3.8, 4) is 17.6 Å². The largest absolute Gasteiger partial charge is 0.493 e. The molecule has 0 unspecified atom stereocenters. The van der Waals surface area contributed by atoms with E-state index in [4.69, 9.17) is 19.2 Å². The van der Waals surface area contributed by atoms with Crippen LogP contribution in [0.5, 0.6) is 11.5 Å². The molecular weight excluding hydrogens is 318 g/mol. The zero-order valence-electron chi connectivity index (χ0n) is 14.3. The summed E-state index contributed by atoms with van der Waals surface area (Å²) in [5.41, 5.74) is 3.52. The average Bonchev–Trinajstić information content (AvgIpc) is 2.61. The van der Waals surface area contributed by atoms with Crippen LogP contribution in [0.3, 0.4) is 0 Å². The second kappa shape index (κ2) is 6.70. The zero-order valence-corrected chi connectivity index (χ0v) is 14.3. The highest BCUT2D eigenvalue weighted by Gasteiger charge is 2.11. The number of aryl methyl sites for hydroxylation is 2. The first-order valence-corrected chi connectivity index (χ1v) is 7.76. The Morgan fingerprint density at radius 1 is 1.08 bits per heavy atom. The SMILES string of the molecule is COc1cc(C#N)ccc1OCc1cc(=O)oc2cc(C)c(C)cc12. The molecule has 0 amide bonds. The first-order chi connectivity index (χ1) is 12.0. The lowest BCUT2D eigenvalue weighted by Crippen LogP contribution is -2.05. The summed E-state index contributed by atoms with van der Waals surface area (Å²) < 4.78 is 16.4. The number of benzene rings is 2. The van der Waals surface area contributed by atoms with Crippen molar-refractivity contribution in [3.05, 3.63) is 69.1 Å². The first kappa shape index (κ1) is 16.6. The molecule has 5 heteroatoms. The lowest BCUT2D eigenvalue weighted by atomic mass is 10.0. The number of hydrogen-bond acceptors (Lipinski definition) is 5. The Labute approximate surface area is 145 Å². The van der Waals surface area contributed by atoms with Crippen molar-refractivity contribution in [2.45, 2.75) is 20.5 Å². The maximum absolute atomic E-state index is 11.8. The average molecular weight is 335 g/mol. The quantitative estimate of drug-likeness (QED) is 0.677. The monoisotopic (exact) mass is 335 g/mol. The number of nitriles is 1. The molecule has 25 heavy (non-hydrogen) atoms. The van der Waals surface area contributed by atoms with Crippen LogP contribution in [-0.2, 0) is 6.61 Å². The lowest BCUT2D eigenvalue weighted by molar-refractivity contribution is 0.285.